The number of rotatable bonds is 5. The predicted octanol–water partition coefficient (Wildman–Crippen LogP) is 6.04. The molecule has 2 aromatic rings. The normalized spacial score (nSPS) is 12.4. The van der Waals surface area contributed by atoms with E-state index < -0.39 is 0 Å². The van der Waals surface area contributed by atoms with Gasteiger partial charge in [-0.25, -0.2) is 0 Å². The van der Waals surface area contributed by atoms with Gasteiger partial charge in [-0.1, -0.05) is 66.0 Å². The monoisotopic (exact) mass is 341 g/mol. The minimum absolute atomic E-state index is 0.00659. The Bertz CT molecular complexity index is 625. The van der Waals surface area contributed by atoms with Crippen LogP contribution in [0.15, 0.2) is 36.4 Å². The summed E-state index contributed by atoms with van der Waals surface area (Å²) in [6, 6.07) is 11.8. The van der Waals surface area contributed by atoms with E-state index in [2.05, 4.69) is 18.3 Å². The van der Waals surface area contributed by atoms with E-state index in [9.17, 15) is 0 Å². The quantitative estimate of drug-likeness (QED) is 0.698. The van der Waals surface area contributed by atoms with E-state index in [1.807, 2.05) is 31.2 Å². The summed E-state index contributed by atoms with van der Waals surface area (Å²) in [6.07, 6.45) is 1.04. The molecule has 0 aliphatic carbocycles. The maximum Gasteiger partial charge on any atom is 0.0643 e. The number of hydrogen-bond acceptors (Lipinski definition) is 1. The Morgan fingerprint density at radius 1 is 1.05 bits per heavy atom. The zero-order chi connectivity index (χ0) is 15.4. The van der Waals surface area contributed by atoms with Crippen molar-refractivity contribution in [2.24, 2.45) is 0 Å². The predicted molar refractivity (Wildman–Crippen MR) is 92.8 cm³/mol. The molecule has 0 saturated heterocycles. The van der Waals surface area contributed by atoms with E-state index in [1.165, 1.54) is 0 Å². The second-order valence-electron chi connectivity index (χ2n) is 5.04. The van der Waals surface area contributed by atoms with Crippen molar-refractivity contribution in [3.05, 3.63) is 68.2 Å². The molecule has 112 valence electrons. The van der Waals surface area contributed by atoms with E-state index in [1.54, 1.807) is 6.07 Å². The molecule has 1 N–H and O–H groups in total. The molecule has 1 unspecified atom stereocenters. The van der Waals surface area contributed by atoms with Crippen molar-refractivity contribution in [3.63, 3.8) is 0 Å². The molecule has 4 heteroatoms. The highest BCUT2D eigenvalue weighted by Crippen LogP contribution is 2.34. The van der Waals surface area contributed by atoms with Crippen molar-refractivity contribution in [1.82, 2.24) is 5.32 Å². The van der Waals surface area contributed by atoms with Crippen molar-refractivity contribution >= 4 is 34.8 Å². The molecule has 0 heterocycles. The van der Waals surface area contributed by atoms with Crippen LogP contribution in [0.2, 0.25) is 15.1 Å². The molecule has 1 atom stereocenters. The zero-order valence-electron chi connectivity index (χ0n) is 12.1. The molecule has 0 bridgehead atoms. The molecule has 0 aromatic heterocycles. The average molecular weight is 343 g/mol. The first kappa shape index (κ1) is 16.6. The van der Waals surface area contributed by atoms with Crippen LogP contribution in [-0.2, 0) is 0 Å². The van der Waals surface area contributed by atoms with Crippen molar-refractivity contribution in [3.8, 4) is 0 Å². The number of halogens is 3. The number of nitrogens with one attached hydrogen (secondary N) is 1. The van der Waals surface area contributed by atoms with Gasteiger partial charge in [-0.3, -0.25) is 0 Å². The van der Waals surface area contributed by atoms with E-state index in [0.29, 0.717) is 10.0 Å². The molecular formula is C17H18Cl3N. The summed E-state index contributed by atoms with van der Waals surface area (Å²) in [6.45, 7) is 5.04. The second-order valence-corrected chi connectivity index (χ2v) is 6.23. The summed E-state index contributed by atoms with van der Waals surface area (Å²) in [5.41, 5.74) is 3.17. The van der Waals surface area contributed by atoms with Crippen LogP contribution in [0.1, 0.15) is 36.1 Å². The molecule has 0 aliphatic rings. The third-order valence-electron chi connectivity index (χ3n) is 3.41. The topological polar surface area (TPSA) is 12.0 Å². The molecule has 1 nitrogen and oxygen atoms in total. The second kappa shape index (κ2) is 7.51. The summed E-state index contributed by atoms with van der Waals surface area (Å²) < 4.78 is 0. The van der Waals surface area contributed by atoms with Gasteiger partial charge in [-0.15, -0.1) is 0 Å². The van der Waals surface area contributed by atoms with Crippen molar-refractivity contribution in [1.29, 1.82) is 0 Å². The van der Waals surface area contributed by atoms with Crippen molar-refractivity contribution < 1.29 is 0 Å². The van der Waals surface area contributed by atoms with Gasteiger partial charge < -0.3 is 5.32 Å². The summed E-state index contributed by atoms with van der Waals surface area (Å²) >= 11 is 18.7. The molecular weight excluding hydrogens is 325 g/mol. The van der Waals surface area contributed by atoms with Gasteiger partial charge in [0.15, 0.2) is 0 Å². The fourth-order valence-corrected chi connectivity index (χ4v) is 2.82. The van der Waals surface area contributed by atoms with Crippen molar-refractivity contribution in [2.75, 3.05) is 6.54 Å². The smallest absolute Gasteiger partial charge is 0.0643 e. The molecule has 0 aliphatic heterocycles. The van der Waals surface area contributed by atoms with Crippen LogP contribution in [0.3, 0.4) is 0 Å². The molecule has 21 heavy (non-hydrogen) atoms. The minimum atomic E-state index is 0.00659. The Balaban J connectivity index is 2.47. The summed E-state index contributed by atoms with van der Waals surface area (Å²) in [4.78, 5) is 0. The van der Waals surface area contributed by atoms with Gasteiger partial charge in [0.2, 0.25) is 0 Å². The Morgan fingerprint density at radius 3 is 2.48 bits per heavy atom. The maximum absolute atomic E-state index is 6.39. The standard InChI is InChI=1S/C17H18Cl3N/c1-3-9-21-17(12-7-8-14(18)11(2)10-12)13-5-4-6-15(19)16(13)20/h4-8,10,17,21H,3,9H2,1-2H3. The van der Waals surface area contributed by atoms with Gasteiger partial charge in [0, 0.05) is 5.02 Å². The third-order valence-corrected chi connectivity index (χ3v) is 4.66. The van der Waals surface area contributed by atoms with Gasteiger partial charge in [-0.05, 0) is 48.7 Å². The first-order chi connectivity index (χ1) is 10.0. The first-order valence-corrected chi connectivity index (χ1v) is 8.11. The lowest BCUT2D eigenvalue weighted by Gasteiger charge is -2.22. The van der Waals surface area contributed by atoms with Gasteiger partial charge in [0.25, 0.3) is 0 Å². The van der Waals surface area contributed by atoms with Crippen LogP contribution in [0.5, 0.6) is 0 Å². The molecule has 0 radical (unpaired) electrons. The molecule has 2 aromatic carbocycles. The highest BCUT2D eigenvalue weighted by molar-refractivity contribution is 6.42. The highest BCUT2D eigenvalue weighted by atomic mass is 35.5. The zero-order valence-corrected chi connectivity index (χ0v) is 14.4. The van der Waals surface area contributed by atoms with Crippen molar-refractivity contribution in [2.45, 2.75) is 26.3 Å². The van der Waals surface area contributed by atoms with Crippen LogP contribution in [0, 0.1) is 6.92 Å². The largest absolute Gasteiger partial charge is 0.306 e. The lowest BCUT2D eigenvalue weighted by atomic mass is 9.97. The number of aryl methyl sites for hydroxylation is 1. The van der Waals surface area contributed by atoms with E-state index in [-0.39, 0.29) is 6.04 Å². The number of hydrogen-bond donors (Lipinski definition) is 1. The molecule has 0 fully saturated rings. The van der Waals surface area contributed by atoms with Gasteiger partial charge >= 0.3 is 0 Å². The molecule has 0 spiro atoms. The average Bonchev–Trinajstić information content (AvgIpc) is 2.47. The molecule has 0 saturated carbocycles. The van der Waals surface area contributed by atoms with Gasteiger partial charge in [-0.2, -0.15) is 0 Å². The van der Waals surface area contributed by atoms with E-state index in [4.69, 9.17) is 34.8 Å². The fourth-order valence-electron chi connectivity index (χ4n) is 2.29. The fraction of sp³-hybridized carbons (Fsp3) is 0.294. The lowest BCUT2D eigenvalue weighted by molar-refractivity contribution is 0.598. The lowest BCUT2D eigenvalue weighted by Crippen LogP contribution is -2.23. The Labute approximate surface area is 141 Å². The summed E-state index contributed by atoms with van der Waals surface area (Å²) in [5.74, 6) is 0. The Morgan fingerprint density at radius 2 is 1.81 bits per heavy atom. The number of benzene rings is 2. The highest BCUT2D eigenvalue weighted by Gasteiger charge is 2.18. The Hall–Kier alpha value is -0.730. The van der Waals surface area contributed by atoms with Gasteiger partial charge in [0.1, 0.15) is 0 Å². The summed E-state index contributed by atoms with van der Waals surface area (Å²) in [5, 5.41) is 5.47. The maximum atomic E-state index is 6.39. The van der Waals surface area contributed by atoms with Crippen LogP contribution >= 0.6 is 34.8 Å². The van der Waals surface area contributed by atoms with E-state index >= 15 is 0 Å². The summed E-state index contributed by atoms with van der Waals surface area (Å²) in [7, 11) is 0. The first-order valence-electron chi connectivity index (χ1n) is 6.98. The van der Waals surface area contributed by atoms with Gasteiger partial charge in [0.05, 0.1) is 16.1 Å². The van der Waals surface area contributed by atoms with Crippen LogP contribution in [-0.4, -0.2) is 6.54 Å². The molecule has 0 amide bonds. The van der Waals surface area contributed by atoms with Crippen LogP contribution in [0.25, 0.3) is 0 Å². The molecule has 2 rings (SSSR count). The Kier molecular flexibility index (Phi) is 5.95. The van der Waals surface area contributed by atoms with E-state index in [0.717, 1.165) is 34.7 Å². The minimum Gasteiger partial charge on any atom is -0.306 e. The van der Waals surface area contributed by atoms with Crippen LogP contribution < -0.4 is 5.32 Å². The SMILES string of the molecule is CCCNC(c1ccc(Cl)c(C)c1)c1cccc(Cl)c1Cl. The third kappa shape index (κ3) is 3.92. The van der Waals surface area contributed by atoms with Crippen LogP contribution in [0.4, 0.5) is 0 Å².